The largest absolute Gasteiger partial charge is 0.394 e. The van der Waals surface area contributed by atoms with Crippen molar-refractivity contribution < 1.29 is 23.8 Å². The average Bonchev–Trinajstić information content (AvgIpc) is 2.42. The highest BCUT2D eigenvalue weighted by Crippen LogP contribution is 2.17. The van der Waals surface area contributed by atoms with Gasteiger partial charge in [0.25, 0.3) is 0 Å². The van der Waals surface area contributed by atoms with Gasteiger partial charge in [0.1, 0.15) is 6.10 Å². The molecule has 0 radical (unpaired) electrons. The molecule has 0 heterocycles. The van der Waals surface area contributed by atoms with E-state index in [-0.39, 0.29) is 13.2 Å². The average molecular weight is 294 g/mol. The van der Waals surface area contributed by atoms with Gasteiger partial charge < -0.3 is 23.8 Å². The first-order valence-electron chi connectivity index (χ1n) is 7.22. The third kappa shape index (κ3) is 10.5. The minimum absolute atomic E-state index is 0.181. The first-order valence-corrected chi connectivity index (χ1v) is 9.75. The lowest BCUT2D eigenvalue weighted by Crippen LogP contribution is -2.39. The summed E-state index contributed by atoms with van der Waals surface area (Å²) in [6.45, 7) is 8.26. The first-order chi connectivity index (χ1) is 9.08. The molecule has 0 aliphatic carbocycles. The van der Waals surface area contributed by atoms with Crippen LogP contribution in [0.2, 0.25) is 12.6 Å². The van der Waals surface area contributed by atoms with E-state index in [2.05, 4.69) is 20.4 Å². The van der Waals surface area contributed by atoms with E-state index in [9.17, 15) is 0 Å². The summed E-state index contributed by atoms with van der Waals surface area (Å²) in [5.74, 6) is 0. The topological polar surface area (TPSA) is 68.2 Å². The van der Waals surface area contributed by atoms with Crippen LogP contribution in [0.4, 0.5) is 0 Å². The highest BCUT2D eigenvalue weighted by atomic mass is 28.4. The molecule has 0 aromatic rings. The third-order valence-corrected chi connectivity index (χ3v) is 5.55. The predicted molar refractivity (Wildman–Crippen MR) is 77.4 cm³/mol. The second kappa shape index (κ2) is 11.8. The maximum Gasteiger partial charge on any atom is 0.335 e. The third-order valence-electron chi connectivity index (χ3n) is 2.66. The number of aliphatic hydroxyl groups excluding tert-OH is 2. The SMILES string of the molecule is CCCO[Si](C)(CCCOCC(O)CO)OCCC. The van der Waals surface area contributed by atoms with Gasteiger partial charge in [-0.25, -0.2) is 0 Å². The van der Waals surface area contributed by atoms with Crippen LogP contribution in [0.25, 0.3) is 0 Å². The van der Waals surface area contributed by atoms with E-state index in [1.165, 1.54) is 0 Å². The lowest BCUT2D eigenvalue weighted by Gasteiger charge is -2.27. The molecule has 0 spiro atoms. The molecule has 6 heteroatoms. The Labute approximate surface area is 118 Å². The Kier molecular flexibility index (Phi) is 11.8. The Bertz CT molecular complexity index is 195. The molecular weight excluding hydrogens is 264 g/mol. The van der Waals surface area contributed by atoms with Crippen molar-refractivity contribution in [2.24, 2.45) is 0 Å². The van der Waals surface area contributed by atoms with Gasteiger partial charge in [-0.1, -0.05) is 13.8 Å². The van der Waals surface area contributed by atoms with Crippen molar-refractivity contribution in [3.63, 3.8) is 0 Å². The molecule has 1 unspecified atom stereocenters. The van der Waals surface area contributed by atoms with Crippen LogP contribution in [-0.4, -0.2) is 57.9 Å². The predicted octanol–water partition coefficient (Wildman–Crippen LogP) is 1.67. The van der Waals surface area contributed by atoms with Gasteiger partial charge in [0.15, 0.2) is 0 Å². The Morgan fingerprint density at radius 2 is 1.63 bits per heavy atom. The van der Waals surface area contributed by atoms with E-state index in [4.69, 9.17) is 23.8 Å². The number of hydrogen-bond acceptors (Lipinski definition) is 5. The number of rotatable bonds is 13. The summed E-state index contributed by atoms with van der Waals surface area (Å²) >= 11 is 0. The van der Waals surface area contributed by atoms with Crippen LogP contribution in [-0.2, 0) is 13.6 Å². The van der Waals surface area contributed by atoms with E-state index in [0.29, 0.717) is 6.61 Å². The van der Waals surface area contributed by atoms with Crippen molar-refractivity contribution >= 4 is 8.56 Å². The summed E-state index contributed by atoms with van der Waals surface area (Å²) in [4.78, 5) is 0. The van der Waals surface area contributed by atoms with Crippen molar-refractivity contribution in [3.05, 3.63) is 0 Å². The van der Waals surface area contributed by atoms with Gasteiger partial charge in [0, 0.05) is 19.8 Å². The molecule has 0 rings (SSSR count). The van der Waals surface area contributed by atoms with Crippen molar-refractivity contribution in [2.45, 2.75) is 51.8 Å². The van der Waals surface area contributed by atoms with Crippen molar-refractivity contribution in [1.29, 1.82) is 0 Å². The summed E-state index contributed by atoms with van der Waals surface area (Å²) in [5.41, 5.74) is 0. The summed E-state index contributed by atoms with van der Waals surface area (Å²) in [6.07, 6.45) is 2.07. The van der Waals surface area contributed by atoms with Crippen molar-refractivity contribution in [2.75, 3.05) is 33.0 Å². The molecule has 19 heavy (non-hydrogen) atoms. The second-order valence-corrected chi connectivity index (χ2v) is 8.19. The van der Waals surface area contributed by atoms with E-state index >= 15 is 0 Å². The first kappa shape index (κ1) is 19.0. The molecule has 0 aliphatic rings. The Balaban J connectivity index is 3.84. The van der Waals surface area contributed by atoms with E-state index in [1.54, 1.807) is 0 Å². The minimum Gasteiger partial charge on any atom is -0.394 e. The van der Waals surface area contributed by atoms with E-state index in [1.807, 2.05) is 0 Å². The molecule has 0 aromatic heterocycles. The number of aliphatic hydroxyl groups is 2. The van der Waals surface area contributed by atoms with Crippen molar-refractivity contribution in [3.8, 4) is 0 Å². The molecule has 0 fully saturated rings. The molecule has 1 atom stereocenters. The van der Waals surface area contributed by atoms with Crippen LogP contribution in [0.1, 0.15) is 33.1 Å². The van der Waals surface area contributed by atoms with Crippen LogP contribution >= 0.6 is 0 Å². The fourth-order valence-corrected chi connectivity index (χ4v) is 4.02. The van der Waals surface area contributed by atoms with Gasteiger partial charge in [-0.05, 0) is 31.9 Å². The van der Waals surface area contributed by atoms with Gasteiger partial charge in [0.05, 0.1) is 13.2 Å². The van der Waals surface area contributed by atoms with Crippen LogP contribution in [0.15, 0.2) is 0 Å². The summed E-state index contributed by atoms with van der Waals surface area (Å²) in [5, 5.41) is 17.8. The molecule has 0 bridgehead atoms. The lowest BCUT2D eigenvalue weighted by molar-refractivity contribution is 0.00597. The zero-order valence-corrected chi connectivity index (χ0v) is 13.6. The maximum atomic E-state index is 9.13. The summed E-state index contributed by atoms with van der Waals surface area (Å²) in [6, 6.07) is 0.891. The Morgan fingerprint density at radius 3 is 2.11 bits per heavy atom. The fraction of sp³-hybridized carbons (Fsp3) is 1.00. The summed E-state index contributed by atoms with van der Waals surface area (Å²) in [7, 11) is -2.07. The summed E-state index contributed by atoms with van der Waals surface area (Å²) < 4.78 is 17.1. The normalized spacial score (nSPS) is 13.7. The fourth-order valence-electron chi connectivity index (χ4n) is 1.59. The van der Waals surface area contributed by atoms with Gasteiger partial charge in [0.2, 0.25) is 0 Å². The molecule has 0 amide bonds. The molecule has 0 saturated carbocycles. The van der Waals surface area contributed by atoms with E-state index in [0.717, 1.165) is 38.5 Å². The van der Waals surface area contributed by atoms with Crippen LogP contribution in [0, 0.1) is 0 Å². The molecule has 116 valence electrons. The Hall–Kier alpha value is 0.0169. The van der Waals surface area contributed by atoms with Gasteiger partial charge >= 0.3 is 8.56 Å². The zero-order valence-electron chi connectivity index (χ0n) is 12.6. The molecule has 2 N–H and O–H groups in total. The highest BCUT2D eigenvalue weighted by molar-refractivity contribution is 6.66. The minimum atomic E-state index is -2.07. The molecule has 0 aromatic carbocycles. The smallest absolute Gasteiger partial charge is 0.335 e. The Morgan fingerprint density at radius 1 is 1.05 bits per heavy atom. The van der Waals surface area contributed by atoms with Crippen LogP contribution in [0.5, 0.6) is 0 Å². The van der Waals surface area contributed by atoms with Crippen LogP contribution in [0.3, 0.4) is 0 Å². The van der Waals surface area contributed by atoms with Gasteiger partial charge in [-0.3, -0.25) is 0 Å². The van der Waals surface area contributed by atoms with Gasteiger partial charge in [-0.2, -0.15) is 0 Å². The lowest BCUT2D eigenvalue weighted by atomic mass is 10.4. The standard InChI is InChI=1S/C13H30O5Si/c1-4-7-17-19(3,18-8-5-2)10-6-9-16-12-13(15)11-14/h13-15H,4-12H2,1-3H3. The molecule has 0 aliphatic heterocycles. The molecular formula is C13H30O5Si. The zero-order chi connectivity index (χ0) is 14.6. The van der Waals surface area contributed by atoms with Crippen molar-refractivity contribution in [1.82, 2.24) is 0 Å². The molecule has 5 nitrogen and oxygen atoms in total. The number of hydrogen-bond donors (Lipinski definition) is 2. The maximum absolute atomic E-state index is 9.13. The van der Waals surface area contributed by atoms with E-state index < -0.39 is 14.7 Å². The molecule has 0 saturated heterocycles. The van der Waals surface area contributed by atoms with Gasteiger partial charge in [-0.15, -0.1) is 0 Å². The second-order valence-electron chi connectivity index (χ2n) is 4.85. The quantitative estimate of drug-likeness (QED) is 0.399. The monoisotopic (exact) mass is 294 g/mol. The number of ether oxygens (including phenoxy) is 1. The highest BCUT2D eigenvalue weighted by Gasteiger charge is 2.30. The van der Waals surface area contributed by atoms with Crippen LogP contribution < -0.4 is 0 Å².